The Kier molecular flexibility index (Phi) is 4.90. The van der Waals surface area contributed by atoms with E-state index in [1.165, 1.54) is 18.2 Å². The molecule has 1 amide bonds. The van der Waals surface area contributed by atoms with Crippen LogP contribution in [0.1, 0.15) is 15.9 Å². The number of aryl methyl sites for hydroxylation is 1. The number of carbonyl (C=O) groups is 1. The highest BCUT2D eigenvalue weighted by Gasteiger charge is 2.15. The lowest BCUT2D eigenvalue weighted by atomic mass is 10.1. The fourth-order valence-electron chi connectivity index (χ4n) is 2.77. The van der Waals surface area contributed by atoms with Crippen LogP contribution >= 0.6 is 0 Å². The van der Waals surface area contributed by atoms with Crippen molar-refractivity contribution in [3.63, 3.8) is 0 Å². The Morgan fingerprint density at radius 2 is 2.04 bits per heavy atom. The third-order valence-electron chi connectivity index (χ3n) is 4.14. The number of aromatic nitrogens is 1. The SMILES string of the molecule is Cc1cc([N+](=O)[O-])ccc1C(=O)Nc1ccc(N2CCNCC2)cn1. The van der Waals surface area contributed by atoms with Gasteiger partial charge in [-0.05, 0) is 30.7 Å². The van der Waals surface area contributed by atoms with E-state index in [2.05, 4.69) is 20.5 Å². The number of benzene rings is 1. The van der Waals surface area contributed by atoms with E-state index in [1.54, 1.807) is 19.2 Å². The van der Waals surface area contributed by atoms with E-state index in [0.717, 1.165) is 31.9 Å². The van der Waals surface area contributed by atoms with E-state index in [0.29, 0.717) is 16.9 Å². The molecule has 1 fully saturated rings. The van der Waals surface area contributed by atoms with Crippen LogP contribution < -0.4 is 15.5 Å². The maximum atomic E-state index is 12.4. The van der Waals surface area contributed by atoms with Crippen LogP contribution in [-0.2, 0) is 0 Å². The van der Waals surface area contributed by atoms with Gasteiger partial charge in [-0.15, -0.1) is 0 Å². The van der Waals surface area contributed by atoms with Gasteiger partial charge in [0.15, 0.2) is 0 Å². The predicted molar refractivity (Wildman–Crippen MR) is 95.1 cm³/mol. The fraction of sp³-hybridized carbons (Fsp3) is 0.294. The third kappa shape index (κ3) is 3.92. The number of rotatable bonds is 4. The lowest BCUT2D eigenvalue weighted by molar-refractivity contribution is -0.384. The van der Waals surface area contributed by atoms with Crippen LogP contribution in [0.25, 0.3) is 0 Å². The molecule has 0 aliphatic carbocycles. The first-order valence-corrected chi connectivity index (χ1v) is 8.03. The highest BCUT2D eigenvalue weighted by molar-refractivity contribution is 6.05. The second kappa shape index (κ2) is 7.27. The second-order valence-electron chi connectivity index (χ2n) is 5.85. The minimum absolute atomic E-state index is 0.0347. The molecular formula is C17H19N5O3. The number of nitro benzene ring substituents is 1. The quantitative estimate of drug-likeness (QED) is 0.651. The summed E-state index contributed by atoms with van der Waals surface area (Å²) in [5.74, 6) is 0.108. The first kappa shape index (κ1) is 16.8. The molecule has 25 heavy (non-hydrogen) atoms. The van der Waals surface area contributed by atoms with Crippen LogP contribution in [-0.4, -0.2) is 42.0 Å². The van der Waals surface area contributed by atoms with Crippen LogP contribution in [0.2, 0.25) is 0 Å². The first-order valence-electron chi connectivity index (χ1n) is 8.03. The molecule has 2 aromatic rings. The lowest BCUT2D eigenvalue weighted by Crippen LogP contribution is -2.43. The topological polar surface area (TPSA) is 100 Å². The minimum atomic E-state index is -0.481. The molecule has 0 bridgehead atoms. The summed E-state index contributed by atoms with van der Waals surface area (Å²) in [6.07, 6.45) is 1.74. The van der Waals surface area contributed by atoms with E-state index in [4.69, 9.17) is 0 Å². The number of nitro groups is 1. The third-order valence-corrected chi connectivity index (χ3v) is 4.14. The summed E-state index contributed by atoms with van der Waals surface area (Å²) in [4.78, 5) is 29.2. The lowest BCUT2D eigenvalue weighted by Gasteiger charge is -2.29. The Morgan fingerprint density at radius 1 is 1.28 bits per heavy atom. The van der Waals surface area contributed by atoms with Gasteiger partial charge in [-0.1, -0.05) is 0 Å². The molecule has 0 radical (unpaired) electrons. The van der Waals surface area contributed by atoms with Crippen LogP contribution in [0.5, 0.6) is 0 Å². The molecule has 0 saturated carbocycles. The summed E-state index contributed by atoms with van der Waals surface area (Å²) in [7, 11) is 0. The summed E-state index contributed by atoms with van der Waals surface area (Å²) in [6.45, 7) is 5.41. The van der Waals surface area contributed by atoms with E-state index in [-0.39, 0.29) is 11.6 Å². The van der Waals surface area contributed by atoms with Crippen LogP contribution in [0.4, 0.5) is 17.2 Å². The van der Waals surface area contributed by atoms with E-state index >= 15 is 0 Å². The number of hydrogen-bond donors (Lipinski definition) is 2. The summed E-state index contributed by atoms with van der Waals surface area (Å²) in [6, 6.07) is 7.85. The molecule has 130 valence electrons. The molecule has 8 heteroatoms. The van der Waals surface area contributed by atoms with E-state index in [9.17, 15) is 14.9 Å². The zero-order chi connectivity index (χ0) is 17.8. The van der Waals surface area contributed by atoms with Gasteiger partial charge in [-0.3, -0.25) is 14.9 Å². The molecule has 3 rings (SSSR count). The number of nitrogens with one attached hydrogen (secondary N) is 2. The maximum Gasteiger partial charge on any atom is 0.269 e. The molecule has 1 saturated heterocycles. The number of anilines is 2. The largest absolute Gasteiger partial charge is 0.368 e. The average molecular weight is 341 g/mol. The number of hydrogen-bond acceptors (Lipinski definition) is 6. The van der Waals surface area contributed by atoms with Crippen molar-refractivity contribution in [3.05, 3.63) is 57.8 Å². The van der Waals surface area contributed by atoms with Crippen molar-refractivity contribution in [3.8, 4) is 0 Å². The number of pyridine rings is 1. The van der Waals surface area contributed by atoms with Gasteiger partial charge in [-0.25, -0.2) is 4.98 Å². The second-order valence-corrected chi connectivity index (χ2v) is 5.85. The zero-order valence-electron chi connectivity index (χ0n) is 13.9. The molecule has 1 aliphatic heterocycles. The minimum Gasteiger partial charge on any atom is -0.368 e. The van der Waals surface area contributed by atoms with Gasteiger partial charge >= 0.3 is 0 Å². The first-order chi connectivity index (χ1) is 12.0. The summed E-state index contributed by atoms with van der Waals surface area (Å²) < 4.78 is 0. The van der Waals surface area contributed by atoms with Gasteiger partial charge < -0.3 is 15.5 Å². The summed E-state index contributed by atoms with van der Waals surface area (Å²) >= 11 is 0. The van der Waals surface area contributed by atoms with Crippen molar-refractivity contribution >= 4 is 23.1 Å². The molecule has 1 aromatic carbocycles. The Labute approximate surface area is 145 Å². The van der Waals surface area contributed by atoms with Crippen LogP contribution in [0.3, 0.4) is 0 Å². The molecule has 1 aromatic heterocycles. The number of nitrogens with zero attached hydrogens (tertiary/aromatic N) is 3. The molecule has 2 N–H and O–H groups in total. The molecule has 8 nitrogen and oxygen atoms in total. The van der Waals surface area contributed by atoms with Crippen molar-refractivity contribution in [2.24, 2.45) is 0 Å². The Bertz CT molecular complexity index is 785. The number of non-ortho nitro benzene ring substituents is 1. The number of carbonyl (C=O) groups excluding carboxylic acids is 1. The molecule has 2 heterocycles. The molecule has 1 aliphatic rings. The van der Waals surface area contributed by atoms with Gasteiger partial charge in [0.1, 0.15) is 5.82 Å². The highest BCUT2D eigenvalue weighted by Crippen LogP contribution is 2.19. The van der Waals surface area contributed by atoms with Crippen molar-refractivity contribution in [1.29, 1.82) is 0 Å². The van der Waals surface area contributed by atoms with Crippen molar-refractivity contribution in [2.75, 3.05) is 36.4 Å². The average Bonchev–Trinajstić information content (AvgIpc) is 2.62. The van der Waals surface area contributed by atoms with Gasteiger partial charge in [0.25, 0.3) is 11.6 Å². The van der Waals surface area contributed by atoms with Gasteiger partial charge in [0.05, 0.1) is 16.8 Å². The maximum absolute atomic E-state index is 12.4. The van der Waals surface area contributed by atoms with Crippen molar-refractivity contribution in [1.82, 2.24) is 10.3 Å². The van der Waals surface area contributed by atoms with Gasteiger partial charge in [0.2, 0.25) is 0 Å². The Morgan fingerprint density at radius 3 is 2.64 bits per heavy atom. The molecular weight excluding hydrogens is 322 g/mol. The number of amides is 1. The summed E-state index contributed by atoms with van der Waals surface area (Å²) in [5.41, 5.74) is 1.92. The van der Waals surface area contributed by atoms with Gasteiger partial charge in [-0.2, -0.15) is 0 Å². The van der Waals surface area contributed by atoms with E-state index in [1.807, 2.05) is 6.07 Å². The molecule has 0 spiro atoms. The number of piperazine rings is 1. The molecule has 0 atom stereocenters. The molecule has 0 unspecified atom stereocenters. The van der Waals surface area contributed by atoms with E-state index < -0.39 is 4.92 Å². The smallest absolute Gasteiger partial charge is 0.269 e. The van der Waals surface area contributed by atoms with Crippen LogP contribution in [0, 0.1) is 17.0 Å². The fourth-order valence-corrected chi connectivity index (χ4v) is 2.77. The predicted octanol–water partition coefficient (Wildman–Crippen LogP) is 1.96. The monoisotopic (exact) mass is 341 g/mol. The van der Waals surface area contributed by atoms with Crippen LogP contribution in [0.15, 0.2) is 36.5 Å². The Hall–Kier alpha value is -3.00. The summed E-state index contributed by atoms with van der Waals surface area (Å²) in [5, 5.41) is 16.8. The highest BCUT2D eigenvalue weighted by atomic mass is 16.6. The standard InChI is InChI=1S/C17H19N5O3/c1-12-10-13(22(24)25)2-4-15(12)17(23)20-16-5-3-14(11-19-16)21-8-6-18-7-9-21/h2-5,10-11,18H,6-9H2,1H3,(H,19,20,23). The van der Waals surface area contributed by atoms with Crippen molar-refractivity contribution in [2.45, 2.75) is 6.92 Å². The normalized spacial score (nSPS) is 14.2. The Balaban J connectivity index is 1.69. The zero-order valence-corrected chi connectivity index (χ0v) is 13.9. The van der Waals surface area contributed by atoms with Crippen molar-refractivity contribution < 1.29 is 9.72 Å². The van der Waals surface area contributed by atoms with Gasteiger partial charge in [0, 0.05) is 43.9 Å².